The molecule has 24 heavy (non-hydrogen) atoms. The molecule has 0 aromatic heterocycles. The molecule has 2 aromatic rings. The Morgan fingerprint density at radius 1 is 1.04 bits per heavy atom. The molecule has 128 valence electrons. The minimum absolute atomic E-state index is 0.0166. The molecule has 0 saturated carbocycles. The van der Waals surface area contributed by atoms with Gasteiger partial charge in [-0.25, -0.2) is 13.1 Å². The van der Waals surface area contributed by atoms with Crippen LogP contribution in [0.4, 0.5) is 5.69 Å². The zero-order valence-corrected chi connectivity index (χ0v) is 14.6. The predicted molar refractivity (Wildman–Crippen MR) is 92.3 cm³/mol. The zero-order valence-electron chi connectivity index (χ0n) is 13.8. The van der Waals surface area contributed by atoms with Crippen molar-refractivity contribution < 1.29 is 13.3 Å². The molecule has 0 bridgehead atoms. The van der Waals surface area contributed by atoms with Crippen LogP contribution < -0.4 is 4.72 Å². The van der Waals surface area contributed by atoms with Gasteiger partial charge in [0.15, 0.2) is 4.90 Å². The second-order valence-corrected chi connectivity index (χ2v) is 8.23. The van der Waals surface area contributed by atoms with Gasteiger partial charge in [-0.05, 0) is 22.6 Å². The van der Waals surface area contributed by atoms with Crippen molar-refractivity contribution in [2.24, 2.45) is 0 Å². The molecule has 0 unspecified atom stereocenters. The van der Waals surface area contributed by atoms with Crippen LogP contribution in [0, 0.1) is 10.1 Å². The van der Waals surface area contributed by atoms with Gasteiger partial charge < -0.3 is 0 Å². The first-order valence-corrected chi connectivity index (χ1v) is 8.92. The van der Waals surface area contributed by atoms with Gasteiger partial charge in [0.05, 0.1) is 4.92 Å². The monoisotopic (exact) mass is 348 g/mol. The summed E-state index contributed by atoms with van der Waals surface area (Å²) in [5.74, 6) is 0. The standard InChI is InChI=1S/C17H20N2O4S/c1-17(2,3)14-10-8-13(9-11-14)12-18-24(22,23)16-7-5-4-6-15(16)19(20)21/h4-11,18H,12H2,1-3H3. The van der Waals surface area contributed by atoms with Crippen molar-refractivity contribution in [1.82, 2.24) is 4.72 Å². The van der Waals surface area contributed by atoms with Crippen LogP contribution in [0.5, 0.6) is 0 Å². The van der Waals surface area contributed by atoms with E-state index >= 15 is 0 Å². The number of nitro groups is 1. The number of benzene rings is 2. The van der Waals surface area contributed by atoms with Gasteiger partial charge in [-0.2, -0.15) is 0 Å². The lowest BCUT2D eigenvalue weighted by Crippen LogP contribution is -2.24. The minimum atomic E-state index is -3.96. The second kappa shape index (κ2) is 6.70. The van der Waals surface area contributed by atoms with Crippen LogP contribution in [0.15, 0.2) is 53.4 Å². The van der Waals surface area contributed by atoms with Crippen LogP contribution >= 0.6 is 0 Å². The van der Waals surface area contributed by atoms with Gasteiger partial charge in [-0.1, -0.05) is 57.2 Å². The number of rotatable bonds is 5. The topological polar surface area (TPSA) is 89.3 Å². The molecule has 1 N–H and O–H groups in total. The molecular weight excluding hydrogens is 328 g/mol. The minimum Gasteiger partial charge on any atom is -0.258 e. The first-order valence-electron chi connectivity index (χ1n) is 7.44. The number of para-hydroxylation sites is 1. The Morgan fingerprint density at radius 2 is 1.62 bits per heavy atom. The SMILES string of the molecule is CC(C)(C)c1ccc(CNS(=O)(=O)c2ccccc2[N+](=O)[O-])cc1. The van der Waals surface area contributed by atoms with Gasteiger partial charge in [-0.15, -0.1) is 0 Å². The molecule has 0 heterocycles. The van der Waals surface area contributed by atoms with Gasteiger partial charge in [0.1, 0.15) is 0 Å². The summed E-state index contributed by atoms with van der Waals surface area (Å²) in [5.41, 5.74) is 1.51. The Hall–Kier alpha value is -2.25. The molecule has 0 aliphatic heterocycles. The number of nitro benzene ring substituents is 1. The molecule has 0 atom stereocenters. The average Bonchev–Trinajstić information content (AvgIpc) is 2.52. The van der Waals surface area contributed by atoms with E-state index in [0.717, 1.165) is 11.1 Å². The maximum atomic E-state index is 12.3. The lowest BCUT2D eigenvalue weighted by molar-refractivity contribution is -0.387. The first kappa shape index (κ1) is 18.1. The summed E-state index contributed by atoms with van der Waals surface area (Å²) >= 11 is 0. The predicted octanol–water partition coefficient (Wildman–Crippen LogP) is 3.37. The van der Waals surface area contributed by atoms with Crippen LogP contribution in [0.1, 0.15) is 31.9 Å². The lowest BCUT2D eigenvalue weighted by atomic mass is 9.87. The van der Waals surface area contributed by atoms with Gasteiger partial charge in [0.25, 0.3) is 5.69 Å². The summed E-state index contributed by atoms with van der Waals surface area (Å²) in [6, 6.07) is 12.9. The van der Waals surface area contributed by atoms with Gasteiger partial charge in [-0.3, -0.25) is 10.1 Å². The zero-order chi connectivity index (χ0) is 18.0. The number of hydrogen-bond donors (Lipinski definition) is 1. The fourth-order valence-corrected chi connectivity index (χ4v) is 3.40. The Kier molecular flexibility index (Phi) is 5.05. The van der Waals surface area contributed by atoms with Crippen molar-refractivity contribution >= 4 is 15.7 Å². The fourth-order valence-electron chi connectivity index (χ4n) is 2.21. The van der Waals surface area contributed by atoms with Crippen LogP contribution in [0.3, 0.4) is 0 Å². The number of hydrogen-bond acceptors (Lipinski definition) is 4. The molecule has 2 rings (SSSR count). The molecule has 6 nitrogen and oxygen atoms in total. The van der Waals surface area contributed by atoms with Crippen molar-refractivity contribution in [2.45, 2.75) is 37.6 Å². The summed E-state index contributed by atoms with van der Waals surface area (Å²) in [5, 5.41) is 11.0. The van der Waals surface area contributed by atoms with Crippen molar-refractivity contribution in [3.63, 3.8) is 0 Å². The summed E-state index contributed by atoms with van der Waals surface area (Å²) < 4.78 is 27.1. The maximum Gasteiger partial charge on any atom is 0.289 e. The molecule has 0 radical (unpaired) electrons. The van der Waals surface area contributed by atoms with E-state index in [-0.39, 0.29) is 16.9 Å². The highest BCUT2D eigenvalue weighted by Gasteiger charge is 2.24. The van der Waals surface area contributed by atoms with Crippen LogP contribution in [-0.2, 0) is 22.0 Å². The lowest BCUT2D eigenvalue weighted by Gasteiger charge is -2.19. The molecule has 7 heteroatoms. The van der Waals surface area contributed by atoms with Crippen molar-refractivity contribution in [3.8, 4) is 0 Å². The molecule has 0 aliphatic rings. The van der Waals surface area contributed by atoms with Crippen molar-refractivity contribution in [2.75, 3.05) is 0 Å². The Balaban J connectivity index is 2.18. The molecule has 0 spiro atoms. The number of sulfonamides is 1. The molecule has 0 amide bonds. The third-order valence-electron chi connectivity index (χ3n) is 3.64. The molecule has 2 aromatic carbocycles. The third-order valence-corrected chi connectivity index (χ3v) is 5.09. The largest absolute Gasteiger partial charge is 0.289 e. The first-order chi connectivity index (χ1) is 11.1. The van der Waals surface area contributed by atoms with E-state index in [9.17, 15) is 18.5 Å². The van der Waals surface area contributed by atoms with E-state index in [1.807, 2.05) is 24.3 Å². The summed E-state index contributed by atoms with van der Waals surface area (Å²) in [6.45, 7) is 6.36. The number of nitrogens with one attached hydrogen (secondary N) is 1. The van der Waals surface area contributed by atoms with Crippen molar-refractivity contribution in [3.05, 3.63) is 69.8 Å². The smallest absolute Gasteiger partial charge is 0.258 e. The van der Waals surface area contributed by atoms with Gasteiger partial charge in [0.2, 0.25) is 10.0 Å². The summed E-state index contributed by atoms with van der Waals surface area (Å²) in [4.78, 5) is 9.95. The highest BCUT2D eigenvalue weighted by Crippen LogP contribution is 2.24. The van der Waals surface area contributed by atoms with E-state index in [0.29, 0.717) is 0 Å². The quantitative estimate of drug-likeness (QED) is 0.662. The van der Waals surface area contributed by atoms with Crippen LogP contribution in [0.2, 0.25) is 0 Å². The Labute approximate surface area is 141 Å². The van der Waals surface area contributed by atoms with E-state index in [2.05, 4.69) is 25.5 Å². The highest BCUT2D eigenvalue weighted by molar-refractivity contribution is 7.89. The number of nitrogens with zero attached hydrogens (tertiary/aromatic N) is 1. The van der Waals surface area contributed by atoms with Gasteiger partial charge >= 0.3 is 0 Å². The normalized spacial score (nSPS) is 12.1. The molecule has 0 fully saturated rings. The molecular formula is C17H20N2O4S. The Morgan fingerprint density at radius 3 is 2.17 bits per heavy atom. The van der Waals surface area contributed by atoms with Crippen LogP contribution in [0.25, 0.3) is 0 Å². The van der Waals surface area contributed by atoms with E-state index in [4.69, 9.17) is 0 Å². The fraction of sp³-hybridized carbons (Fsp3) is 0.294. The second-order valence-electron chi connectivity index (χ2n) is 6.50. The van der Waals surface area contributed by atoms with E-state index in [1.54, 1.807) is 0 Å². The summed E-state index contributed by atoms with van der Waals surface area (Å²) in [6.07, 6.45) is 0. The molecule has 0 saturated heterocycles. The maximum absolute atomic E-state index is 12.3. The third kappa shape index (κ3) is 4.18. The molecule has 0 aliphatic carbocycles. The Bertz CT molecular complexity index is 838. The highest BCUT2D eigenvalue weighted by atomic mass is 32.2. The van der Waals surface area contributed by atoms with Gasteiger partial charge in [0, 0.05) is 12.6 Å². The van der Waals surface area contributed by atoms with Crippen LogP contribution in [-0.4, -0.2) is 13.3 Å². The van der Waals surface area contributed by atoms with E-state index in [1.165, 1.54) is 24.3 Å². The average molecular weight is 348 g/mol. The van der Waals surface area contributed by atoms with Crippen molar-refractivity contribution in [1.29, 1.82) is 0 Å². The summed E-state index contributed by atoms with van der Waals surface area (Å²) in [7, 11) is -3.96. The van der Waals surface area contributed by atoms with E-state index < -0.39 is 20.6 Å².